The van der Waals surface area contributed by atoms with Gasteiger partial charge in [-0.3, -0.25) is 0 Å². The van der Waals surface area contributed by atoms with E-state index in [0.29, 0.717) is 0 Å². The van der Waals surface area contributed by atoms with Gasteiger partial charge in [0, 0.05) is 4.88 Å². The highest BCUT2D eigenvalue weighted by molar-refractivity contribution is 9.10. The van der Waals surface area contributed by atoms with E-state index in [9.17, 15) is 0 Å². The summed E-state index contributed by atoms with van der Waals surface area (Å²) in [6, 6.07) is 8.16. The van der Waals surface area contributed by atoms with Gasteiger partial charge in [0.25, 0.3) is 0 Å². The van der Waals surface area contributed by atoms with Crippen LogP contribution in [0.1, 0.15) is 23.5 Å². The third-order valence-corrected chi connectivity index (χ3v) is 4.30. The van der Waals surface area contributed by atoms with Crippen LogP contribution in [-0.4, -0.2) is 4.98 Å². The molecule has 0 aromatic carbocycles. The number of thiophene rings is 1. The fraction of sp³-hybridized carbons (Fsp3) is 0.250. The Bertz CT molecular complexity index is 527. The molecule has 1 atom stereocenters. The predicted molar refractivity (Wildman–Crippen MR) is 78.0 cm³/mol. The van der Waals surface area contributed by atoms with E-state index in [2.05, 4.69) is 33.2 Å². The third-order valence-electron chi connectivity index (χ3n) is 2.44. The zero-order valence-electron chi connectivity index (χ0n) is 9.50. The fourth-order valence-electron chi connectivity index (χ4n) is 1.55. The van der Waals surface area contributed by atoms with Crippen LogP contribution in [0, 0.1) is 6.92 Å². The minimum absolute atomic E-state index is 0.231. The first-order chi connectivity index (χ1) is 8.06. The van der Waals surface area contributed by atoms with Crippen LogP contribution in [-0.2, 0) is 0 Å². The van der Waals surface area contributed by atoms with Gasteiger partial charge in [-0.15, -0.1) is 11.3 Å². The summed E-state index contributed by atoms with van der Waals surface area (Å²) < 4.78 is 1.67. The normalized spacial score (nSPS) is 12.5. The van der Waals surface area contributed by atoms with Crippen molar-refractivity contribution >= 4 is 44.6 Å². The Morgan fingerprint density at radius 3 is 2.71 bits per heavy atom. The SMILES string of the molecule is Cc1nc(Br)ccc1NC(C)c1ccc(Cl)s1. The lowest BCUT2D eigenvalue weighted by molar-refractivity contribution is 0.900. The molecule has 0 spiro atoms. The van der Waals surface area contributed by atoms with E-state index in [1.807, 2.05) is 31.2 Å². The second kappa shape index (κ2) is 5.38. The van der Waals surface area contributed by atoms with Crippen LogP contribution in [0.25, 0.3) is 0 Å². The molecule has 5 heteroatoms. The Hall–Kier alpha value is -0.580. The average Bonchev–Trinajstić information content (AvgIpc) is 2.69. The topological polar surface area (TPSA) is 24.9 Å². The van der Waals surface area contributed by atoms with Crippen molar-refractivity contribution in [1.29, 1.82) is 0 Å². The van der Waals surface area contributed by atoms with Gasteiger partial charge < -0.3 is 5.32 Å². The number of hydrogen-bond donors (Lipinski definition) is 1. The second-order valence-corrected chi connectivity index (χ2v) is 6.33. The Morgan fingerprint density at radius 2 is 2.12 bits per heavy atom. The lowest BCUT2D eigenvalue weighted by Crippen LogP contribution is -2.06. The molecule has 2 aromatic rings. The summed E-state index contributed by atoms with van der Waals surface area (Å²) >= 11 is 10.9. The molecule has 2 nitrogen and oxygen atoms in total. The van der Waals surface area contributed by atoms with E-state index < -0.39 is 0 Å². The van der Waals surface area contributed by atoms with Crippen LogP contribution >= 0.6 is 38.9 Å². The van der Waals surface area contributed by atoms with Crippen molar-refractivity contribution in [3.05, 3.63) is 43.8 Å². The van der Waals surface area contributed by atoms with Gasteiger partial charge in [-0.1, -0.05) is 11.6 Å². The summed E-state index contributed by atoms with van der Waals surface area (Å²) in [6.07, 6.45) is 0. The molecule has 0 saturated heterocycles. The number of anilines is 1. The first-order valence-corrected chi connectivity index (χ1v) is 7.20. The van der Waals surface area contributed by atoms with E-state index >= 15 is 0 Å². The fourth-order valence-corrected chi connectivity index (χ4v) is 3.01. The van der Waals surface area contributed by atoms with E-state index in [1.54, 1.807) is 11.3 Å². The quantitative estimate of drug-likeness (QED) is 0.797. The van der Waals surface area contributed by atoms with Crippen LogP contribution in [0.4, 0.5) is 5.69 Å². The molecule has 0 amide bonds. The van der Waals surface area contributed by atoms with Crippen LogP contribution in [0.2, 0.25) is 4.34 Å². The second-order valence-electron chi connectivity index (χ2n) is 3.77. The molecule has 2 rings (SSSR count). The molecule has 0 bridgehead atoms. The maximum Gasteiger partial charge on any atom is 0.106 e. The maximum absolute atomic E-state index is 5.93. The standard InChI is InChI=1S/C12H12BrClN2S/c1-7-9(3-5-11(13)16-7)15-8(2)10-4-6-12(14)17-10/h3-6,8,15H,1-2H3. The molecule has 2 aromatic heterocycles. The number of aryl methyl sites for hydroxylation is 1. The Balaban J connectivity index is 2.15. The maximum atomic E-state index is 5.93. The monoisotopic (exact) mass is 330 g/mol. The molecule has 0 saturated carbocycles. The molecule has 1 unspecified atom stereocenters. The smallest absolute Gasteiger partial charge is 0.106 e. The average molecular weight is 332 g/mol. The highest BCUT2D eigenvalue weighted by atomic mass is 79.9. The van der Waals surface area contributed by atoms with Crippen LogP contribution in [0.3, 0.4) is 0 Å². The largest absolute Gasteiger partial charge is 0.376 e. The summed E-state index contributed by atoms with van der Waals surface area (Å²) in [5.74, 6) is 0. The molecule has 90 valence electrons. The van der Waals surface area contributed by atoms with Crippen molar-refractivity contribution in [2.75, 3.05) is 5.32 Å². The Morgan fingerprint density at radius 1 is 1.35 bits per heavy atom. The zero-order valence-corrected chi connectivity index (χ0v) is 12.7. The summed E-state index contributed by atoms with van der Waals surface area (Å²) in [7, 11) is 0. The molecule has 0 aliphatic carbocycles. The zero-order chi connectivity index (χ0) is 12.4. The van der Waals surface area contributed by atoms with Crippen molar-refractivity contribution in [1.82, 2.24) is 4.98 Å². The van der Waals surface area contributed by atoms with Crippen molar-refractivity contribution < 1.29 is 0 Å². The summed E-state index contributed by atoms with van der Waals surface area (Å²) in [4.78, 5) is 5.58. The Labute approximate surface area is 118 Å². The van der Waals surface area contributed by atoms with E-state index in [-0.39, 0.29) is 6.04 Å². The highest BCUT2D eigenvalue weighted by Gasteiger charge is 2.09. The first-order valence-electron chi connectivity index (χ1n) is 5.21. The molecule has 0 aliphatic heterocycles. The van der Waals surface area contributed by atoms with Crippen molar-refractivity contribution in [2.45, 2.75) is 19.9 Å². The van der Waals surface area contributed by atoms with E-state index in [1.165, 1.54) is 4.88 Å². The molecule has 17 heavy (non-hydrogen) atoms. The third kappa shape index (κ3) is 3.21. The molecular formula is C12H12BrClN2S. The number of hydrogen-bond acceptors (Lipinski definition) is 3. The molecule has 1 N–H and O–H groups in total. The van der Waals surface area contributed by atoms with Gasteiger partial charge in [0.05, 0.1) is 21.8 Å². The van der Waals surface area contributed by atoms with Gasteiger partial charge >= 0.3 is 0 Å². The minimum Gasteiger partial charge on any atom is -0.376 e. The number of halogens is 2. The number of pyridine rings is 1. The molecule has 2 heterocycles. The number of nitrogens with zero attached hydrogens (tertiary/aromatic N) is 1. The summed E-state index contributed by atoms with van der Waals surface area (Å²) in [5.41, 5.74) is 2.03. The van der Waals surface area contributed by atoms with E-state index in [4.69, 9.17) is 11.6 Å². The molecule has 0 radical (unpaired) electrons. The Kier molecular flexibility index (Phi) is 4.07. The van der Waals surface area contributed by atoms with Gasteiger partial charge in [0.1, 0.15) is 4.60 Å². The first kappa shape index (κ1) is 12.9. The predicted octanol–water partition coefficient (Wildman–Crippen LogP) is 5.04. The summed E-state index contributed by atoms with van der Waals surface area (Å²) in [6.45, 7) is 4.10. The lowest BCUT2D eigenvalue weighted by atomic mass is 10.2. The van der Waals surface area contributed by atoms with Crippen molar-refractivity contribution in [2.24, 2.45) is 0 Å². The van der Waals surface area contributed by atoms with Crippen molar-refractivity contribution in [3.8, 4) is 0 Å². The van der Waals surface area contributed by atoms with Gasteiger partial charge in [-0.2, -0.15) is 0 Å². The van der Waals surface area contributed by atoms with Gasteiger partial charge in [0.15, 0.2) is 0 Å². The van der Waals surface area contributed by atoms with Gasteiger partial charge in [0.2, 0.25) is 0 Å². The minimum atomic E-state index is 0.231. The van der Waals surface area contributed by atoms with Crippen LogP contribution < -0.4 is 5.32 Å². The molecule has 0 aliphatic rings. The van der Waals surface area contributed by atoms with Crippen molar-refractivity contribution in [3.63, 3.8) is 0 Å². The van der Waals surface area contributed by atoms with Gasteiger partial charge in [-0.25, -0.2) is 4.98 Å². The molecule has 0 fully saturated rings. The van der Waals surface area contributed by atoms with Gasteiger partial charge in [-0.05, 0) is 54.0 Å². The summed E-state index contributed by atoms with van der Waals surface area (Å²) in [5, 5.41) is 3.44. The number of nitrogens with one attached hydrogen (secondary N) is 1. The highest BCUT2D eigenvalue weighted by Crippen LogP contribution is 2.29. The van der Waals surface area contributed by atoms with E-state index in [0.717, 1.165) is 20.3 Å². The lowest BCUT2D eigenvalue weighted by Gasteiger charge is -2.15. The number of aromatic nitrogens is 1. The van der Waals surface area contributed by atoms with Crippen LogP contribution in [0.5, 0.6) is 0 Å². The van der Waals surface area contributed by atoms with Crippen LogP contribution in [0.15, 0.2) is 28.9 Å². The molecular weight excluding hydrogens is 320 g/mol. The number of rotatable bonds is 3.